The predicted molar refractivity (Wildman–Crippen MR) is 75.7 cm³/mol. The molecule has 1 heterocycles. The van der Waals surface area contributed by atoms with Gasteiger partial charge in [0.15, 0.2) is 5.11 Å². The van der Waals surface area contributed by atoms with Gasteiger partial charge in [0.25, 0.3) is 0 Å². The number of aryl methyl sites for hydroxylation is 2. The third kappa shape index (κ3) is 2.47. The first kappa shape index (κ1) is 11.7. The van der Waals surface area contributed by atoms with Gasteiger partial charge in [-0.05, 0) is 62.5 Å². The second-order valence-corrected chi connectivity index (χ2v) is 4.43. The van der Waals surface area contributed by atoms with Gasteiger partial charge >= 0.3 is 0 Å². The van der Waals surface area contributed by atoms with E-state index in [-0.39, 0.29) is 5.11 Å². The predicted octanol–water partition coefficient (Wildman–Crippen LogP) is 2.75. The van der Waals surface area contributed by atoms with Crippen LogP contribution in [0.1, 0.15) is 11.4 Å². The lowest BCUT2D eigenvalue weighted by Crippen LogP contribution is -2.18. The van der Waals surface area contributed by atoms with E-state index in [1.165, 1.54) is 11.4 Å². The lowest BCUT2D eigenvalue weighted by Gasteiger charge is -2.10. The molecule has 4 heteroatoms. The third-order valence-electron chi connectivity index (χ3n) is 2.66. The Kier molecular flexibility index (Phi) is 3.15. The number of nitrogens with one attached hydrogen (secondary N) is 1. The zero-order chi connectivity index (χ0) is 12.4. The second kappa shape index (κ2) is 4.59. The number of benzene rings is 1. The van der Waals surface area contributed by atoms with Crippen LogP contribution in [0.5, 0.6) is 0 Å². The van der Waals surface area contributed by atoms with Crippen LogP contribution in [0.4, 0.5) is 5.69 Å². The molecule has 1 aromatic carbocycles. The van der Waals surface area contributed by atoms with E-state index < -0.39 is 0 Å². The fourth-order valence-corrected chi connectivity index (χ4v) is 2.03. The standard InChI is InChI=1S/C13H15N3S/c1-9-3-4-10(2)16(9)12-7-5-11(6-8-12)15-13(14)17/h3-8H,1-2H3,(H3,14,15,17). The summed E-state index contributed by atoms with van der Waals surface area (Å²) in [6.07, 6.45) is 0. The van der Waals surface area contributed by atoms with Crippen molar-refractivity contribution in [2.24, 2.45) is 5.73 Å². The number of aromatic nitrogens is 1. The molecule has 0 saturated carbocycles. The van der Waals surface area contributed by atoms with Gasteiger partial charge in [-0.1, -0.05) is 0 Å². The molecule has 1 aromatic heterocycles. The van der Waals surface area contributed by atoms with Crippen LogP contribution in [0.25, 0.3) is 5.69 Å². The smallest absolute Gasteiger partial charge is 0.168 e. The Bertz CT molecular complexity index is 521. The maximum atomic E-state index is 5.42. The molecule has 88 valence electrons. The van der Waals surface area contributed by atoms with E-state index in [2.05, 4.69) is 35.9 Å². The Labute approximate surface area is 106 Å². The third-order valence-corrected chi connectivity index (χ3v) is 2.77. The van der Waals surface area contributed by atoms with Gasteiger partial charge in [-0.15, -0.1) is 0 Å². The van der Waals surface area contributed by atoms with Crippen LogP contribution in [0, 0.1) is 13.8 Å². The number of anilines is 1. The van der Waals surface area contributed by atoms with Crippen molar-refractivity contribution in [3.63, 3.8) is 0 Å². The van der Waals surface area contributed by atoms with Crippen LogP contribution in [-0.2, 0) is 0 Å². The van der Waals surface area contributed by atoms with E-state index >= 15 is 0 Å². The van der Waals surface area contributed by atoms with Gasteiger partial charge in [-0.25, -0.2) is 0 Å². The van der Waals surface area contributed by atoms with Crippen molar-refractivity contribution in [2.45, 2.75) is 13.8 Å². The fraction of sp³-hybridized carbons (Fsp3) is 0.154. The summed E-state index contributed by atoms with van der Waals surface area (Å²) >= 11 is 4.79. The van der Waals surface area contributed by atoms with Crippen molar-refractivity contribution in [1.82, 2.24) is 4.57 Å². The van der Waals surface area contributed by atoms with Crippen LogP contribution in [0.15, 0.2) is 36.4 Å². The molecule has 0 radical (unpaired) electrons. The van der Waals surface area contributed by atoms with Crippen molar-refractivity contribution in [3.05, 3.63) is 47.8 Å². The molecule has 0 atom stereocenters. The maximum absolute atomic E-state index is 5.42. The molecule has 0 aliphatic carbocycles. The van der Waals surface area contributed by atoms with E-state index in [0.29, 0.717) is 0 Å². The molecule has 0 aliphatic rings. The quantitative estimate of drug-likeness (QED) is 0.800. The van der Waals surface area contributed by atoms with Gasteiger partial charge in [-0.2, -0.15) is 0 Å². The van der Waals surface area contributed by atoms with Crippen LogP contribution in [0.2, 0.25) is 0 Å². The van der Waals surface area contributed by atoms with Crippen molar-refractivity contribution < 1.29 is 0 Å². The SMILES string of the molecule is Cc1ccc(C)n1-c1ccc(NC(N)=S)cc1. The molecule has 17 heavy (non-hydrogen) atoms. The van der Waals surface area contributed by atoms with Gasteiger partial charge in [0.1, 0.15) is 0 Å². The molecule has 0 saturated heterocycles. The minimum atomic E-state index is 0.283. The van der Waals surface area contributed by atoms with Crippen molar-refractivity contribution in [3.8, 4) is 5.69 Å². The summed E-state index contributed by atoms with van der Waals surface area (Å²) in [6, 6.07) is 12.2. The average molecular weight is 245 g/mol. The maximum Gasteiger partial charge on any atom is 0.168 e. The van der Waals surface area contributed by atoms with Gasteiger partial charge in [-0.3, -0.25) is 0 Å². The largest absolute Gasteiger partial charge is 0.376 e. The van der Waals surface area contributed by atoms with E-state index in [1.54, 1.807) is 0 Å². The lowest BCUT2D eigenvalue weighted by atomic mass is 10.2. The number of rotatable bonds is 2. The molecule has 3 N–H and O–H groups in total. The summed E-state index contributed by atoms with van der Waals surface area (Å²) in [4.78, 5) is 0. The van der Waals surface area contributed by atoms with Crippen molar-refractivity contribution in [2.75, 3.05) is 5.32 Å². The molecule has 0 amide bonds. The number of nitrogens with two attached hydrogens (primary N) is 1. The van der Waals surface area contributed by atoms with Gasteiger partial charge in [0.2, 0.25) is 0 Å². The molecular weight excluding hydrogens is 230 g/mol. The molecular formula is C13H15N3S. The first-order chi connectivity index (χ1) is 8.08. The second-order valence-electron chi connectivity index (χ2n) is 3.99. The van der Waals surface area contributed by atoms with Gasteiger partial charge < -0.3 is 15.6 Å². The highest BCUT2D eigenvalue weighted by molar-refractivity contribution is 7.80. The Morgan fingerprint density at radius 2 is 1.59 bits per heavy atom. The van der Waals surface area contributed by atoms with Crippen LogP contribution >= 0.6 is 12.2 Å². The molecule has 2 aromatic rings. The molecule has 2 rings (SSSR count). The van der Waals surface area contributed by atoms with Crippen molar-refractivity contribution in [1.29, 1.82) is 0 Å². The normalized spacial score (nSPS) is 10.2. The lowest BCUT2D eigenvalue weighted by molar-refractivity contribution is 0.966. The topological polar surface area (TPSA) is 43.0 Å². The first-order valence-electron chi connectivity index (χ1n) is 5.40. The number of thiocarbonyl (C=S) groups is 1. The number of hydrogen-bond acceptors (Lipinski definition) is 1. The molecule has 0 fully saturated rings. The fourth-order valence-electron chi connectivity index (χ4n) is 1.91. The van der Waals surface area contributed by atoms with Crippen LogP contribution < -0.4 is 11.1 Å². The zero-order valence-electron chi connectivity index (χ0n) is 9.90. The molecule has 0 unspecified atom stereocenters. The summed E-state index contributed by atoms with van der Waals surface area (Å²) in [5.41, 5.74) is 9.90. The van der Waals surface area contributed by atoms with E-state index in [4.69, 9.17) is 18.0 Å². The van der Waals surface area contributed by atoms with Gasteiger partial charge in [0.05, 0.1) is 0 Å². The number of hydrogen-bond donors (Lipinski definition) is 2. The Hall–Kier alpha value is -1.81. The molecule has 0 bridgehead atoms. The van der Waals surface area contributed by atoms with E-state index in [9.17, 15) is 0 Å². The monoisotopic (exact) mass is 245 g/mol. The Balaban J connectivity index is 2.33. The molecule has 0 spiro atoms. The van der Waals surface area contributed by atoms with E-state index in [1.807, 2.05) is 24.3 Å². The summed E-state index contributed by atoms with van der Waals surface area (Å²) in [5, 5.41) is 3.19. The first-order valence-corrected chi connectivity index (χ1v) is 5.80. The summed E-state index contributed by atoms with van der Waals surface area (Å²) in [6.45, 7) is 4.18. The zero-order valence-corrected chi connectivity index (χ0v) is 10.7. The Morgan fingerprint density at radius 3 is 2.06 bits per heavy atom. The van der Waals surface area contributed by atoms with Crippen LogP contribution in [0.3, 0.4) is 0 Å². The summed E-state index contributed by atoms with van der Waals surface area (Å²) < 4.78 is 2.20. The highest BCUT2D eigenvalue weighted by Gasteiger charge is 2.03. The summed E-state index contributed by atoms with van der Waals surface area (Å²) in [7, 11) is 0. The molecule has 0 aliphatic heterocycles. The minimum absolute atomic E-state index is 0.283. The molecule has 3 nitrogen and oxygen atoms in total. The van der Waals surface area contributed by atoms with Gasteiger partial charge in [0, 0.05) is 22.8 Å². The highest BCUT2D eigenvalue weighted by Crippen LogP contribution is 2.18. The van der Waals surface area contributed by atoms with Crippen LogP contribution in [-0.4, -0.2) is 9.68 Å². The highest BCUT2D eigenvalue weighted by atomic mass is 32.1. The average Bonchev–Trinajstić information content (AvgIpc) is 2.59. The minimum Gasteiger partial charge on any atom is -0.376 e. The summed E-state index contributed by atoms with van der Waals surface area (Å²) in [5.74, 6) is 0. The Morgan fingerprint density at radius 1 is 1.06 bits per heavy atom. The number of nitrogens with zero attached hydrogens (tertiary/aromatic N) is 1. The van der Waals surface area contributed by atoms with E-state index in [0.717, 1.165) is 11.4 Å². The van der Waals surface area contributed by atoms with Crippen molar-refractivity contribution >= 4 is 23.0 Å².